The van der Waals surface area contributed by atoms with Crippen molar-refractivity contribution in [2.45, 2.75) is 6.29 Å². The molecule has 1 unspecified atom stereocenters. The average molecular weight is 639 g/mol. The van der Waals surface area contributed by atoms with Gasteiger partial charge < -0.3 is 14.5 Å². The molecule has 0 amide bonds. The van der Waals surface area contributed by atoms with E-state index in [2.05, 4.69) is 184 Å². The van der Waals surface area contributed by atoms with Crippen molar-refractivity contribution in [2.75, 3.05) is 5.32 Å². The summed E-state index contributed by atoms with van der Waals surface area (Å²) < 4.78 is 4.78. The van der Waals surface area contributed by atoms with E-state index < -0.39 is 0 Å². The minimum absolute atomic E-state index is 0.363. The first-order valence-corrected chi connectivity index (χ1v) is 17.2. The largest absolute Gasteiger partial charge is 0.346 e. The summed E-state index contributed by atoms with van der Waals surface area (Å²) in [7, 11) is 0. The molecule has 0 spiro atoms. The number of fused-ring (bicyclic) bond motifs is 11. The molecule has 4 nitrogen and oxygen atoms in total. The monoisotopic (exact) mass is 638 g/mol. The quantitative estimate of drug-likeness (QED) is 0.205. The Bertz CT molecular complexity index is 2920. The normalized spacial score (nSPS) is 14.5. The van der Waals surface area contributed by atoms with Gasteiger partial charge in [0.25, 0.3) is 0 Å². The van der Waals surface area contributed by atoms with E-state index in [-0.39, 0.29) is 6.29 Å². The second kappa shape index (κ2) is 10.4. The number of hydrogen-bond donors (Lipinski definition) is 1. The lowest BCUT2D eigenvalue weighted by molar-refractivity contribution is 0.625. The van der Waals surface area contributed by atoms with Crippen LogP contribution in [0.4, 0.5) is 5.69 Å². The lowest BCUT2D eigenvalue weighted by atomic mass is 9.98. The Balaban J connectivity index is 1.20. The lowest BCUT2D eigenvalue weighted by Crippen LogP contribution is -2.24. The molecular formula is C46H30N4. The molecule has 1 atom stereocenters. The Hall–Kier alpha value is -6.65. The van der Waals surface area contributed by atoms with Crippen molar-refractivity contribution >= 4 is 76.6 Å². The molecule has 0 fully saturated rings. The highest BCUT2D eigenvalue weighted by Gasteiger charge is 2.27. The molecule has 50 heavy (non-hydrogen) atoms. The molecule has 1 aliphatic rings. The van der Waals surface area contributed by atoms with Gasteiger partial charge in [-0.2, -0.15) is 0 Å². The smallest absolute Gasteiger partial charge is 0.201 e. The topological polar surface area (TPSA) is 34.2 Å². The highest BCUT2D eigenvalue weighted by Crippen LogP contribution is 2.42. The molecule has 0 saturated carbocycles. The van der Waals surface area contributed by atoms with Crippen LogP contribution in [0.3, 0.4) is 0 Å². The number of nitrogens with one attached hydrogen (secondary N) is 1. The summed E-state index contributed by atoms with van der Waals surface area (Å²) in [4.78, 5) is 5.62. The number of nitrogens with zero attached hydrogens (tertiary/aromatic N) is 3. The zero-order valence-corrected chi connectivity index (χ0v) is 27.1. The molecule has 0 bridgehead atoms. The third kappa shape index (κ3) is 3.84. The van der Waals surface area contributed by atoms with Crippen molar-refractivity contribution in [3.8, 4) is 5.69 Å². The Labute approximate surface area is 288 Å². The fourth-order valence-electron chi connectivity index (χ4n) is 8.34. The molecule has 0 radical (unpaired) electrons. The van der Waals surface area contributed by atoms with Crippen LogP contribution in [0.25, 0.3) is 70.8 Å². The van der Waals surface area contributed by atoms with Gasteiger partial charge in [0, 0.05) is 44.0 Å². The van der Waals surface area contributed by atoms with Gasteiger partial charge >= 0.3 is 0 Å². The second-order valence-electron chi connectivity index (χ2n) is 13.2. The SMILES string of the molecule is c1ccc(-n2c3ccccc3c3ccc(C4=NC(n5c6ccc7ccccc7c6c6c7ccccc7ccc65)Nc5ccccc54)cc32)cc1. The molecule has 0 aliphatic carbocycles. The van der Waals surface area contributed by atoms with Gasteiger partial charge in [-0.1, -0.05) is 127 Å². The second-order valence-corrected chi connectivity index (χ2v) is 13.2. The van der Waals surface area contributed by atoms with Gasteiger partial charge in [-0.05, 0) is 64.0 Å². The van der Waals surface area contributed by atoms with Crippen LogP contribution in [-0.4, -0.2) is 14.8 Å². The number of aromatic nitrogens is 2. The molecular weight excluding hydrogens is 609 g/mol. The molecule has 2 aromatic heterocycles. The van der Waals surface area contributed by atoms with Crippen molar-refractivity contribution in [3.05, 3.63) is 181 Å². The van der Waals surface area contributed by atoms with Crippen molar-refractivity contribution < 1.29 is 0 Å². The van der Waals surface area contributed by atoms with E-state index in [1.165, 1.54) is 54.1 Å². The first-order valence-electron chi connectivity index (χ1n) is 17.2. The zero-order chi connectivity index (χ0) is 32.8. The third-order valence-electron chi connectivity index (χ3n) is 10.5. The predicted molar refractivity (Wildman–Crippen MR) is 210 cm³/mol. The Morgan fingerprint density at radius 1 is 0.460 bits per heavy atom. The van der Waals surface area contributed by atoms with E-state index >= 15 is 0 Å². The van der Waals surface area contributed by atoms with Crippen molar-refractivity contribution in [2.24, 2.45) is 4.99 Å². The van der Waals surface area contributed by atoms with E-state index in [0.717, 1.165) is 39.2 Å². The number of aliphatic imine (C=N–C) groups is 1. The number of para-hydroxylation sites is 3. The average Bonchev–Trinajstić information content (AvgIpc) is 3.71. The van der Waals surface area contributed by atoms with Crippen LogP contribution in [0.15, 0.2) is 175 Å². The minimum atomic E-state index is -0.363. The minimum Gasteiger partial charge on any atom is -0.346 e. The highest BCUT2D eigenvalue weighted by molar-refractivity contribution is 6.28. The van der Waals surface area contributed by atoms with E-state index in [1.807, 2.05) is 0 Å². The number of rotatable bonds is 3. The van der Waals surface area contributed by atoms with Gasteiger partial charge in [-0.15, -0.1) is 0 Å². The summed E-state index contributed by atoms with van der Waals surface area (Å²) >= 11 is 0. The van der Waals surface area contributed by atoms with Gasteiger partial charge in [0.1, 0.15) is 0 Å². The molecule has 1 aliphatic heterocycles. The van der Waals surface area contributed by atoms with Gasteiger partial charge in [0.2, 0.25) is 6.29 Å². The number of benzene rings is 8. The molecule has 11 rings (SSSR count). The maximum absolute atomic E-state index is 5.62. The Kier molecular flexibility index (Phi) is 5.69. The summed E-state index contributed by atoms with van der Waals surface area (Å²) in [6.45, 7) is 0. The van der Waals surface area contributed by atoms with Gasteiger partial charge in [0.15, 0.2) is 0 Å². The predicted octanol–water partition coefficient (Wildman–Crippen LogP) is 11.6. The summed E-state index contributed by atoms with van der Waals surface area (Å²) in [5.41, 5.74) is 10.1. The molecule has 3 heterocycles. The Morgan fingerprint density at radius 2 is 1.06 bits per heavy atom. The number of anilines is 1. The van der Waals surface area contributed by atoms with Crippen LogP contribution in [0.2, 0.25) is 0 Å². The molecule has 8 aromatic carbocycles. The summed E-state index contributed by atoms with van der Waals surface area (Å²) in [6.07, 6.45) is -0.363. The van der Waals surface area contributed by atoms with E-state index in [1.54, 1.807) is 0 Å². The standard InChI is InChI=1S/C46H30N4/c1-2-14-32(15-3-1)49-39-21-11-9-18-35(39)36-25-22-31(28-42(36)49)45-37-19-8-10-20-38(37)47-46(48-45)50-40-26-23-29-12-4-6-16-33(29)43(40)44-34-17-7-5-13-30(34)24-27-41(44)50/h1-28,46-47H. The first kappa shape index (κ1) is 27.3. The van der Waals surface area contributed by atoms with Gasteiger partial charge in [-0.25, -0.2) is 4.99 Å². The summed E-state index contributed by atoms with van der Waals surface area (Å²) in [6, 6.07) is 61.2. The summed E-state index contributed by atoms with van der Waals surface area (Å²) in [5, 5.41) is 13.8. The molecule has 0 saturated heterocycles. The van der Waals surface area contributed by atoms with Crippen LogP contribution in [0, 0.1) is 0 Å². The van der Waals surface area contributed by atoms with Gasteiger partial charge in [-0.3, -0.25) is 0 Å². The van der Waals surface area contributed by atoms with Crippen molar-refractivity contribution in [1.29, 1.82) is 0 Å². The van der Waals surface area contributed by atoms with E-state index in [9.17, 15) is 0 Å². The maximum Gasteiger partial charge on any atom is 0.201 e. The third-order valence-corrected chi connectivity index (χ3v) is 10.5. The van der Waals surface area contributed by atoms with Crippen LogP contribution >= 0.6 is 0 Å². The lowest BCUT2D eigenvalue weighted by Gasteiger charge is -2.28. The van der Waals surface area contributed by atoms with Crippen molar-refractivity contribution in [1.82, 2.24) is 9.13 Å². The van der Waals surface area contributed by atoms with Gasteiger partial charge in [0.05, 0.1) is 27.8 Å². The highest BCUT2D eigenvalue weighted by atomic mass is 15.3. The van der Waals surface area contributed by atoms with E-state index in [4.69, 9.17) is 4.99 Å². The van der Waals surface area contributed by atoms with Crippen LogP contribution in [0.5, 0.6) is 0 Å². The summed E-state index contributed by atoms with van der Waals surface area (Å²) in [5.74, 6) is 0. The fourth-order valence-corrected chi connectivity index (χ4v) is 8.34. The van der Waals surface area contributed by atoms with Crippen molar-refractivity contribution in [3.63, 3.8) is 0 Å². The van der Waals surface area contributed by atoms with E-state index in [0.29, 0.717) is 0 Å². The molecule has 234 valence electrons. The molecule has 4 heteroatoms. The molecule has 1 N–H and O–H groups in total. The maximum atomic E-state index is 5.62. The Morgan fingerprint density at radius 3 is 1.80 bits per heavy atom. The fraction of sp³-hybridized carbons (Fsp3) is 0.0217. The van der Waals surface area contributed by atoms with Crippen LogP contribution < -0.4 is 5.32 Å². The first-order chi connectivity index (χ1) is 24.8. The van der Waals surface area contributed by atoms with Crippen LogP contribution in [-0.2, 0) is 0 Å². The zero-order valence-electron chi connectivity index (χ0n) is 27.1. The molecule has 10 aromatic rings. The van der Waals surface area contributed by atoms with Crippen LogP contribution in [0.1, 0.15) is 17.4 Å². The number of hydrogen-bond acceptors (Lipinski definition) is 2.